The van der Waals surface area contributed by atoms with Crippen LogP contribution in [0, 0.1) is 21.0 Å². The molecular formula is C22H20F3IN2O2. The van der Waals surface area contributed by atoms with Crippen molar-refractivity contribution in [1.82, 2.24) is 4.90 Å². The molecule has 2 aromatic rings. The van der Waals surface area contributed by atoms with Crippen LogP contribution in [-0.4, -0.2) is 31.0 Å². The van der Waals surface area contributed by atoms with Crippen LogP contribution in [0.1, 0.15) is 36.4 Å². The summed E-state index contributed by atoms with van der Waals surface area (Å²) in [5.41, 5.74) is 2.31. The second kappa shape index (κ2) is 8.87. The van der Waals surface area contributed by atoms with E-state index in [1.165, 1.54) is 0 Å². The fourth-order valence-corrected chi connectivity index (χ4v) is 4.46. The Bertz CT molecular complexity index is 1000. The molecule has 0 aliphatic carbocycles. The van der Waals surface area contributed by atoms with Gasteiger partial charge in [-0.25, -0.2) is 13.2 Å². The molecule has 4 nitrogen and oxygen atoms in total. The Hall–Kier alpha value is -2.23. The molecule has 158 valence electrons. The fraction of sp³-hybridized carbons (Fsp3) is 0.318. The summed E-state index contributed by atoms with van der Waals surface area (Å²) in [7, 11) is 1.63. The van der Waals surface area contributed by atoms with Crippen LogP contribution < -0.4 is 4.74 Å². The molecule has 0 radical (unpaired) electrons. The highest BCUT2D eigenvalue weighted by Gasteiger charge is 2.32. The molecule has 0 N–H and O–H groups in total. The number of oxime groups is 1. The maximum atomic E-state index is 13.9. The topological polar surface area (TPSA) is 34.1 Å². The molecule has 1 fully saturated rings. The van der Waals surface area contributed by atoms with Gasteiger partial charge in [-0.2, -0.15) is 0 Å². The van der Waals surface area contributed by atoms with Crippen LogP contribution >= 0.6 is 22.6 Å². The first kappa shape index (κ1) is 21.0. The van der Waals surface area contributed by atoms with Gasteiger partial charge in [0.15, 0.2) is 23.3 Å². The number of ether oxygens (including phenoxy) is 1. The largest absolute Gasteiger partial charge is 0.496 e. The molecule has 2 aliphatic rings. The van der Waals surface area contributed by atoms with E-state index in [1.54, 1.807) is 7.11 Å². The smallest absolute Gasteiger partial charge is 0.194 e. The van der Waals surface area contributed by atoms with Gasteiger partial charge in [0.05, 0.1) is 16.7 Å². The van der Waals surface area contributed by atoms with Crippen molar-refractivity contribution in [2.24, 2.45) is 5.16 Å². The molecule has 4 rings (SSSR count). The van der Waals surface area contributed by atoms with E-state index in [0.717, 1.165) is 45.4 Å². The average Bonchev–Trinajstić information content (AvgIpc) is 2.96. The predicted octanol–water partition coefficient (Wildman–Crippen LogP) is 5.67. The maximum Gasteiger partial charge on any atom is 0.194 e. The number of hydrogen-bond acceptors (Lipinski definition) is 4. The summed E-state index contributed by atoms with van der Waals surface area (Å²) in [5, 5.41) is 4.30. The van der Waals surface area contributed by atoms with Gasteiger partial charge in [-0.15, -0.1) is 0 Å². The summed E-state index contributed by atoms with van der Waals surface area (Å²) >= 11 is 2.21. The SMILES string of the molecule is COc1cc(C=C2CCCN3C2=NOCCC3c2cc(F)c(F)c(F)c2)ccc1I. The molecule has 8 heteroatoms. The van der Waals surface area contributed by atoms with E-state index in [4.69, 9.17) is 9.57 Å². The van der Waals surface area contributed by atoms with Gasteiger partial charge in [0, 0.05) is 13.0 Å². The first-order valence-corrected chi connectivity index (χ1v) is 10.7. The van der Waals surface area contributed by atoms with Gasteiger partial charge in [0.1, 0.15) is 12.4 Å². The van der Waals surface area contributed by atoms with E-state index < -0.39 is 17.5 Å². The third-order valence-electron chi connectivity index (χ3n) is 5.32. The third kappa shape index (κ3) is 4.14. The molecular weight excluding hydrogens is 508 g/mol. The lowest BCUT2D eigenvalue weighted by molar-refractivity contribution is 0.140. The van der Waals surface area contributed by atoms with Crippen LogP contribution in [0.5, 0.6) is 5.75 Å². The van der Waals surface area contributed by atoms with E-state index in [-0.39, 0.29) is 6.04 Å². The summed E-state index contributed by atoms with van der Waals surface area (Å²) in [6.45, 7) is 0.969. The number of benzene rings is 2. The second-order valence-corrected chi connectivity index (χ2v) is 8.37. The molecule has 1 saturated heterocycles. The van der Waals surface area contributed by atoms with E-state index in [0.29, 0.717) is 31.0 Å². The van der Waals surface area contributed by atoms with E-state index in [9.17, 15) is 13.2 Å². The molecule has 1 atom stereocenters. The number of halogens is 4. The Kier molecular flexibility index (Phi) is 6.21. The van der Waals surface area contributed by atoms with Crippen LogP contribution in [0.4, 0.5) is 13.2 Å². The molecule has 30 heavy (non-hydrogen) atoms. The van der Waals surface area contributed by atoms with Gasteiger partial charge in [0.25, 0.3) is 0 Å². The minimum absolute atomic E-state index is 0.302. The van der Waals surface area contributed by atoms with E-state index >= 15 is 0 Å². The molecule has 2 aromatic carbocycles. The minimum atomic E-state index is -1.45. The van der Waals surface area contributed by atoms with Crippen LogP contribution in [0.3, 0.4) is 0 Å². The van der Waals surface area contributed by atoms with Gasteiger partial charge in [-0.05, 0) is 82.5 Å². The molecule has 0 aromatic heterocycles. The summed E-state index contributed by atoms with van der Waals surface area (Å²) in [4.78, 5) is 7.45. The number of methoxy groups -OCH3 is 1. The van der Waals surface area contributed by atoms with Gasteiger partial charge >= 0.3 is 0 Å². The van der Waals surface area contributed by atoms with Crippen LogP contribution in [0.15, 0.2) is 41.1 Å². The number of hydrogen-bond donors (Lipinski definition) is 0. The Morgan fingerprint density at radius 1 is 1.20 bits per heavy atom. The van der Waals surface area contributed by atoms with E-state index in [1.807, 2.05) is 29.2 Å². The van der Waals surface area contributed by atoms with Crippen LogP contribution in [0.2, 0.25) is 0 Å². The zero-order valence-corrected chi connectivity index (χ0v) is 18.5. The zero-order valence-electron chi connectivity index (χ0n) is 16.3. The van der Waals surface area contributed by atoms with Gasteiger partial charge in [-0.1, -0.05) is 11.2 Å². The summed E-state index contributed by atoms with van der Waals surface area (Å²) in [6.07, 6.45) is 4.17. The van der Waals surface area contributed by atoms with Gasteiger partial charge in [0.2, 0.25) is 0 Å². The molecule has 2 heterocycles. The van der Waals surface area contributed by atoms with Gasteiger partial charge < -0.3 is 14.5 Å². The number of nitrogens with zero attached hydrogens (tertiary/aromatic N) is 2. The predicted molar refractivity (Wildman–Crippen MR) is 117 cm³/mol. The van der Waals surface area contributed by atoms with Crippen LogP contribution in [-0.2, 0) is 4.84 Å². The minimum Gasteiger partial charge on any atom is -0.496 e. The monoisotopic (exact) mass is 528 g/mol. The highest BCUT2D eigenvalue weighted by atomic mass is 127. The van der Waals surface area contributed by atoms with Crippen molar-refractivity contribution in [1.29, 1.82) is 0 Å². The Labute approximate surface area is 186 Å². The molecule has 2 aliphatic heterocycles. The van der Waals surface area contributed by atoms with Crippen LogP contribution in [0.25, 0.3) is 6.08 Å². The summed E-state index contributed by atoms with van der Waals surface area (Å²) in [6, 6.07) is 7.70. The Morgan fingerprint density at radius 3 is 2.70 bits per heavy atom. The van der Waals surface area contributed by atoms with Gasteiger partial charge in [-0.3, -0.25) is 0 Å². The van der Waals surface area contributed by atoms with Crippen molar-refractivity contribution in [2.45, 2.75) is 25.3 Å². The lowest BCUT2D eigenvalue weighted by Crippen LogP contribution is -2.39. The molecule has 0 saturated carbocycles. The fourth-order valence-electron chi connectivity index (χ4n) is 3.90. The molecule has 1 unspecified atom stereocenters. The van der Waals surface area contributed by atoms with Crippen molar-refractivity contribution in [3.05, 3.63) is 68.1 Å². The van der Waals surface area contributed by atoms with Crippen molar-refractivity contribution >= 4 is 34.5 Å². The first-order chi connectivity index (χ1) is 14.5. The standard InChI is InChI=1S/C22H20F3IN2O2/c1-29-20-10-13(4-5-18(20)26)9-14-3-2-7-28-19(6-8-30-27-22(14)28)15-11-16(23)21(25)17(24)12-15/h4-5,9-12,19H,2-3,6-8H2,1H3. The average molecular weight is 528 g/mol. The first-order valence-electron chi connectivity index (χ1n) is 9.63. The number of piperidine rings is 1. The number of amidine groups is 1. The maximum absolute atomic E-state index is 13.9. The number of rotatable bonds is 3. The van der Waals surface area contributed by atoms with Crippen molar-refractivity contribution in [3.8, 4) is 5.75 Å². The summed E-state index contributed by atoms with van der Waals surface area (Å²) < 4.78 is 47.6. The quantitative estimate of drug-likeness (QED) is 0.381. The Morgan fingerprint density at radius 2 is 1.97 bits per heavy atom. The highest BCUT2D eigenvalue weighted by molar-refractivity contribution is 14.1. The molecule has 0 spiro atoms. The van der Waals surface area contributed by atoms with Crippen molar-refractivity contribution in [2.75, 3.05) is 20.3 Å². The zero-order chi connectivity index (χ0) is 21.3. The summed E-state index contributed by atoms with van der Waals surface area (Å²) in [5.74, 6) is -2.40. The normalized spacial score (nSPS) is 20.3. The van der Waals surface area contributed by atoms with Crippen molar-refractivity contribution < 1.29 is 22.7 Å². The lowest BCUT2D eigenvalue weighted by atomic mass is 9.95. The van der Waals surface area contributed by atoms with Crippen molar-refractivity contribution in [3.63, 3.8) is 0 Å². The third-order valence-corrected chi connectivity index (χ3v) is 6.21. The lowest BCUT2D eigenvalue weighted by Gasteiger charge is -2.36. The molecule has 0 bridgehead atoms. The second-order valence-electron chi connectivity index (χ2n) is 7.21. The number of fused-ring (bicyclic) bond motifs is 1. The highest BCUT2D eigenvalue weighted by Crippen LogP contribution is 2.35. The molecule has 0 amide bonds. The Balaban J connectivity index is 1.70. The van der Waals surface area contributed by atoms with E-state index in [2.05, 4.69) is 27.7 Å².